The first-order chi connectivity index (χ1) is 6.24. The molecule has 0 amide bonds. The van der Waals surface area contributed by atoms with Gasteiger partial charge in [0.2, 0.25) is 0 Å². The van der Waals surface area contributed by atoms with Crippen molar-refractivity contribution in [1.82, 2.24) is 5.32 Å². The van der Waals surface area contributed by atoms with Crippen LogP contribution in [0.4, 0.5) is 0 Å². The van der Waals surface area contributed by atoms with Crippen LogP contribution in [0.25, 0.3) is 0 Å². The SMILES string of the molecule is CC[C@@H](CC(=O)O)[C@@H]1CCCCN1. The van der Waals surface area contributed by atoms with Gasteiger partial charge in [0.05, 0.1) is 0 Å². The molecule has 0 unspecified atom stereocenters. The Morgan fingerprint density at radius 1 is 1.62 bits per heavy atom. The fourth-order valence-corrected chi connectivity index (χ4v) is 2.08. The first-order valence-electron chi connectivity index (χ1n) is 5.19. The highest BCUT2D eigenvalue weighted by Gasteiger charge is 2.23. The van der Waals surface area contributed by atoms with E-state index in [1.54, 1.807) is 0 Å². The van der Waals surface area contributed by atoms with Crippen LogP contribution in [-0.4, -0.2) is 23.7 Å². The lowest BCUT2D eigenvalue weighted by Crippen LogP contribution is -2.40. The summed E-state index contributed by atoms with van der Waals surface area (Å²) in [5.74, 6) is -0.350. The topological polar surface area (TPSA) is 49.3 Å². The molecule has 1 aliphatic rings. The van der Waals surface area contributed by atoms with Gasteiger partial charge >= 0.3 is 5.97 Å². The molecule has 1 rings (SSSR count). The Kier molecular flexibility index (Phi) is 4.22. The van der Waals surface area contributed by atoms with Gasteiger partial charge < -0.3 is 10.4 Å². The van der Waals surface area contributed by atoms with Crippen LogP contribution in [-0.2, 0) is 4.79 Å². The summed E-state index contributed by atoms with van der Waals surface area (Å²) in [5.41, 5.74) is 0. The maximum absolute atomic E-state index is 10.6. The van der Waals surface area contributed by atoms with Crippen LogP contribution in [0.1, 0.15) is 39.0 Å². The van der Waals surface area contributed by atoms with Gasteiger partial charge in [0.1, 0.15) is 0 Å². The lowest BCUT2D eigenvalue weighted by atomic mass is 9.88. The summed E-state index contributed by atoms with van der Waals surface area (Å²) in [6.45, 7) is 3.13. The molecule has 3 heteroatoms. The first kappa shape index (κ1) is 10.5. The van der Waals surface area contributed by atoms with Crippen molar-refractivity contribution in [2.24, 2.45) is 5.92 Å². The van der Waals surface area contributed by atoms with Crippen molar-refractivity contribution in [2.45, 2.75) is 45.1 Å². The third-order valence-corrected chi connectivity index (χ3v) is 2.88. The Labute approximate surface area is 79.5 Å². The molecule has 0 radical (unpaired) electrons. The Morgan fingerprint density at radius 2 is 2.38 bits per heavy atom. The molecule has 76 valence electrons. The van der Waals surface area contributed by atoms with Crippen molar-refractivity contribution < 1.29 is 9.90 Å². The van der Waals surface area contributed by atoms with E-state index in [0.717, 1.165) is 19.4 Å². The highest BCUT2D eigenvalue weighted by Crippen LogP contribution is 2.20. The van der Waals surface area contributed by atoms with E-state index >= 15 is 0 Å². The van der Waals surface area contributed by atoms with Gasteiger partial charge in [0.25, 0.3) is 0 Å². The predicted octanol–water partition coefficient (Wildman–Crippen LogP) is 1.63. The second kappa shape index (κ2) is 5.22. The van der Waals surface area contributed by atoms with Crippen molar-refractivity contribution in [1.29, 1.82) is 0 Å². The molecule has 1 aliphatic heterocycles. The molecule has 1 fully saturated rings. The summed E-state index contributed by atoms with van der Waals surface area (Å²) in [7, 11) is 0. The minimum atomic E-state index is -0.667. The van der Waals surface area contributed by atoms with E-state index in [1.165, 1.54) is 12.8 Å². The van der Waals surface area contributed by atoms with E-state index in [-0.39, 0.29) is 0 Å². The summed E-state index contributed by atoms with van der Waals surface area (Å²) in [5, 5.41) is 12.1. The minimum absolute atomic E-state index is 0.314. The fourth-order valence-electron chi connectivity index (χ4n) is 2.08. The zero-order valence-electron chi connectivity index (χ0n) is 8.25. The van der Waals surface area contributed by atoms with E-state index in [4.69, 9.17) is 5.11 Å². The Hall–Kier alpha value is -0.570. The number of carboxylic acids is 1. The van der Waals surface area contributed by atoms with Gasteiger partial charge in [-0.25, -0.2) is 0 Å². The third-order valence-electron chi connectivity index (χ3n) is 2.88. The molecule has 2 atom stereocenters. The van der Waals surface area contributed by atoms with Crippen molar-refractivity contribution >= 4 is 5.97 Å². The molecule has 0 bridgehead atoms. The van der Waals surface area contributed by atoms with Crippen LogP contribution in [0.5, 0.6) is 0 Å². The molecule has 0 aromatic carbocycles. The maximum atomic E-state index is 10.6. The zero-order valence-corrected chi connectivity index (χ0v) is 8.25. The summed E-state index contributed by atoms with van der Waals surface area (Å²) in [6, 6.07) is 0.440. The molecule has 3 nitrogen and oxygen atoms in total. The van der Waals surface area contributed by atoms with Crippen molar-refractivity contribution in [2.75, 3.05) is 6.54 Å². The number of aliphatic carboxylic acids is 1. The van der Waals surface area contributed by atoms with E-state index in [0.29, 0.717) is 18.4 Å². The molecule has 13 heavy (non-hydrogen) atoms. The quantitative estimate of drug-likeness (QED) is 0.700. The van der Waals surface area contributed by atoms with Crippen molar-refractivity contribution in [3.05, 3.63) is 0 Å². The molecule has 1 heterocycles. The molecular weight excluding hydrogens is 166 g/mol. The van der Waals surface area contributed by atoms with Crippen LogP contribution in [0.3, 0.4) is 0 Å². The number of piperidine rings is 1. The van der Waals surface area contributed by atoms with Gasteiger partial charge in [0.15, 0.2) is 0 Å². The minimum Gasteiger partial charge on any atom is -0.481 e. The smallest absolute Gasteiger partial charge is 0.303 e. The third kappa shape index (κ3) is 3.35. The van der Waals surface area contributed by atoms with Gasteiger partial charge in [-0.05, 0) is 25.3 Å². The van der Waals surface area contributed by atoms with Crippen LogP contribution in [0.2, 0.25) is 0 Å². The number of nitrogens with one attached hydrogen (secondary N) is 1. The number of rotatable bonds is 4. The van der Waals surface area contributed by atoms with Gasteiger partial charge in [-0.2, -0.15) is 0 Å². The maximum Gasteiger partial charge on any atom is 0.303 e. The van der Waals surface area contributed by atoms with E-state index in [2.05, 4.69) is 12.2 Å². The first-order valence-corrected chi connectivity index (χ1v) is 5.19. The second-order valence-electron chi connectivity index (χ2n) is 3.82. The van der Waals surface area contributed by atoms with E-state index < -0.39 is 5.97 Å². The Balaban J connectivity index is 2.39. The monoisotopic (exact) mass is 185 g/mol. The second-order valence-corrected chi connectivity index (χ2v) is 3.82. The molecular formula is C10H19NO2. The number of carbonyl (C=O) groups is 1. The van der Waals surface area contributed by atoms with Crippen molar-refractivity contribution in [3.63, 3.8) is 0 Å². The van der Waals surface area contributed by atoms with Crippen LogP contribution in [0, 0.1) is 5.92 Å². The van der Waals surface area contributed by atoms with Gasteiger partial charge in [0, 0.05) is 12.5 Å². The van der Waals surface area contributed by atoms with Crippen LogP contribution < -0.4 is 5.32 Å². The molecule has 0 saturated carbocycles. The highest BCUT2D eigenvalue weighted by atomic mass is 16.4. The molecule has 1 saturated heterocycles. The molecule has 0 aliphatic carbocycles. The normalized spacial score (nSPS) is 25.5. The van der Waals surface area contributed by atoms with Crippen molar-refractivity contribution in [3.8, 4) is 0 Å². The van der Waals surface area contributed by atoms with E-state index in [1.807, 2.05) is 0 Å². The zero-order chi connectivity index (χ0) is 9.68. The average Bonchev–Trinajstić information content (AvgIpc) is 2.15. The standard InChI is InChI=1S/C10H19NO2/c1-2-8(7-10(12)13)9-5-3-4-6-11-9/h8-9,11H,2-7H2,1H3,(H,12,13)/t8-,9-/m0/s1. The van der Waals surface area contributed by atoms with Gasteiger partial charge in [-0.3, -0.25) is 4.79 Å². The Morgan fingerprint density at radius 3 is 2.85 bits per heavy atom. The summed E-state index contributed by atoms with van der Waals surface area (Å²) >= 11 is 0. The number of carboxylic acid groups (broad SMARTS) is 1. The number of hydrogen-bond donors (Lipinski definition) is 2. The predicted molar refractivity (Wildman–Crippen MR) is 51.7 cm³/mol. The lowest BCUT2D eigenvalue weighted by Gasteiger charge is -2.29. The Bertz CT molecular complexity index is 164. The molecule has 0 aromatic heterocycles. The molecule has 0 spiro atoms. The van der Waals surface area contributed by atoms with Crippen LogP contribution >= 0.6 is 0 Å². The summed E-state index contributed by atoms with van der Waals surface area (Å²) in [6.07, 6.45) is 4.90. The number of hydrogen-bond acceptors (Lipinski definition) is 2. The highest BCUT2D eigenvalue weighted by molar-refractivity contribution is 5.67. The lowest BCUT2D eigenvalue weighted by molar-refractivity contribution is -0.138. The molecule has 2 N–H and O–H groups in total. The van der Waals surface area contributed by atoms with Crippen LogP contribution in [0.15, 0.2) is 0 Å². The summed E-state index contributed by atoms with van der Waals surface area (Å²) in [4.78, 5) is 10.6. The average molecular weight is 185 g/mol. The largest absolute Gasteiger partial charge is 0.481 e. The summed E-state index contributed by atoms with van der Waals surface area (Å²) < 4.78 is 0. The molecule has 0 aromatic rings. The van der Waals surface area contributed by atoms with E-state index in [9.17, 15) is 4.79 Å². The van der Waals surface area contributed by atoms with Gasteiger partial charge in [-0.1, -0.05) is 19.8 Å². The van der Waals surface area contributed by atoms with Gasteiger partial charge in [-0.15, -0.1) is 0 Å². The fraction of sp³-hybridized carbons (Fsp3) is 0.900.